The number of hydrogen-bond acceptors (Lipinski definition) is 3. The first-order valence-electron chi connectivity index (χ1n) is 11.8. The Morgan fingerprint density at radius 2 is 1.76 bits per heavy atom. The number of nitrogens with zero attached hydrogens (tertiary/aromatic N) is 3. The van der Waals surface area contributed by atoms with Crippen LogP contribution in [0.25, 0.3) is 22.0 Å². The summed E-state index contributed by atoms with van der Waals surface area (Å²) in [5.74, 6) is 1.58. The highest BCUT2D eigenvalue weighted by Crippen LogP contribution is 2.49. The number of carbonyl (C=O) groups is 1. The second-order valence-corrected chi connectivity index (χ2v) is 9.41. The largest absolute Gasteiger partial charge is 0.340 e. The lowest BCUT2D eigenvalue weighted by Crippen LogP contribution is -2.50. The minimum Gasteiger partial charge on any atom is -0.340 e. The Bertz CT molecular complexity index is 1300. The van der Waals surface area contributed by atoms with Gasteiger partial charge in [0.05, 0.1) is 11.9 Å². The van der Waals surface area contributed by atoms with Gasteiger partial charge in [0.1, 0.15) is 11.9 Å². The number of fused-ring (bicyclic) bond motifs is 1. The summed E-state index contributed by atoms with van der Waals surface area (Å²) < 4.78 is 0. The Hall–Kier alpha value is -3.44. The number of amides is 1. The van der Waals surface area contributed by atoms with Crippen molar-refractivity contribution in [1.29, 1.82) is 0 Å². The molecule has 1 aromatic heterocycles. The highest BCUT2D eigenvalue weighted by Gasteiger charge is 2.48. The smallest absolute Gasteiger partial charge is 0.227 e. The summed E-state index contributed by atoms with van der Waals surface area (Å²) in [5, 5.41) is 2.44. The van der Waals surface area contributed by atoms with Crippen molar-refractivity contribution < 1.29 is 4.79 Å². The zero-order valence-electron chi connectivity index (χ0n) is 18.8. The fourth-order valence-corrected chi connectivity index (χ4v) is 5.18. The Morgan fingerprint density at radius 3 is 2.61 bits per heavy atom. The van der Waals surface area contributed by atoms with E-state index in [9.17, 15) is 4.79 Å². The van der Waals surface area contributed by atoms with Gasteiger partial charge in [-0.05, 0) is 41.8 Å². The van der Waals surface area contributed by atoms with Gasteiger partial charge in [0.15, 0.2) is 0 Å². The molecule has 5 nitrogen and oxygen atoms in total. The fourth-order valence-electron chi connectivity index (χ4n) is 5.18. The van der Waals surface area contributed by atoms with Crippen molar-refractivity contribution in [3.8, 4) is 11.3 Å². The lowest BCUT2D eigenvalue weighted by molar-refractivity contribution is -0.137. The molecule has 0 radical (unpaired) electrons. The average Bonchev–Trinajstić information content (AvgIpc) is 3.51. The standard InChI is InChI=1S/C28H28N4O/c1-31-13-14-32(28(33)24-16-23(24)20-8-3-2-4-9-20)26(18-31)27-29-17-25(30-27)22-12-11-19-7-5-6-10-21(19)15-22/h2-12,15,17,23-24,26H,13-14,16,18H2,1H3,(H,29,30). The van der Waals surface area contributed by atoms with E-state index >= 15 is 0 Å². The normalized spacial score (nSPS) is 23.1. The number of nitrogens with one attached hydrogen (secondary N) is 1. The van der Waals surface area contributed by atoms with Crippen LogP contribution in [-0.4, -0.2) is 52.4 Å². The number of aromatic nitrogens is 2. The molecule has 6 rings (SSSR count). The second kappa shape index (κ2) is 8.16. The molecule has 2 heterocycles. The molecule has 1 aliphatic heterocycles. The molecule has 1 amide bonds. The maximum absolute atomic E-state index is 13.5. The molecule has 5 heteroatoms. The van der Waals surface area contributed by atoms with Gasteiger partial charge in [-0.15, -0.1) is 0 Å². The van der Waals surface area contributed by atoms with Crippen LogP contribution in [0.2, 0.25) is 0 Å². The van der Waals surface area contributed by atoms with Gasteiger partial charge >= 0.3 is 0 Å². The first kappa shape index (κ1) is 20.2. The third-order valence-corrected chi connectivity index (χ3v) is 7.17. The van der Waals surface area contributed by atoms with Crippen LogP contribution in [-0.2, 0) is 4.79 Å². The Kier molecular flexibility index (Phi) is 4.99. The van der Waals surface area contributed by atoms with Gasteiger partial charge in [-0.25, -0.2) is 4.98 Å². The first-order valence-corrected chi connectivity index (χ1v) is 11.8. The number of rotatable bonds is 4. The molecule has 166 valence electrons. The number of likely N-dealkylation sites (N-methyl/N-ethyl adjacent to an activating group) is 1. The molecule has 0 spiro atoms. The van der Waals surface area contributed by atoms with Crippen LogP contribution in [0, 0.1) is 5.92 Å². The van der Waals surface area contributed by atoms with Gasteiger partial charge in [-0.3, -0.25) is 4.79 Å². The number of benzene rings is 3. The highest BCUT2D eigenvalue weighted by molar-refractivity contribution is 5.87. The minimum atomic E-state index is -0.0533. The predicted molar refractivity (Wildman–Crippen MR) is 131 cm³/mol. The molecule has 2 fully saturated rings. The number of piperazine rings is 1. The summed E-state index contributed by atoms with van der Waals surface area (Å²) in [6.07, 6.45) is 2.85. The quantitative estimate of drug-likeness (QED) is 0.498. The van der Waals surface area contributed by atoms with E-state index < -0.39 is 0 Å². The minimum absolute atomic E-state index is 0.0533. The van der Waals surface area contributed by atoms with Crippen molar-refractivity contribution in [2.45, 2.75) is 18.4 Å². The molecule has 4 aromatic rings. The van der Waals surface area contributed by atoms with Crippen molar-refractivity contribution in [2.24, 2.45) is 5.92 Å². The van der Waals surface area contributed by atoms with Crippen LogP contribution >= 0.6 is 0 Å². The first-order chi connectivity index (χ1) is 16.2. The zero-order chi connectivity index (χ0) is 22.4. The summed E-state index contributed by atoms with van der Waals surface area (Å²) in [7, 11) is 2.12. The van der Waals surface area contributed by atoms with E-state index in [4.69, 9.17) is 4.98 Å². The zero-order valence-corrected chi connectivity index (χ0v) is 18.8. The maximum Gasteiger partial charge on any atom is 0.227 e. The third kappa shape index (κ3) is 3.83. The Labute approximate surface area is 194 Å². The molecule has 2 aliphatic rings. The van der Waals surface area contributed by atoms with Crippen molar-refractivity contribution in [2.75, 3.05) is 26.7 Å². The number of aromatic amines is 1. The summed E-state index contributed by atoms with van der Waals surface area (Å²) in [6, 6.07) is 25.2. The molecular formula is C28H28N4O. The van der Waals surface area contributed by atoms with E-state index in [1.165, 1.54) is 16.3 Å². The summed E-state index contributed by atoms with van der Waals surface area (Å²) >= 11 is 0. The molecule has 1 N–H and O–H groups in total. The lowest BCUT2D eigenvalue weighted by Gasteiger charge is -2.39. The van der Waals surface area contributed by atoms with E-state index in [2.05, 4.69) is 88.6 Å². The molecule has 1 aliphatic carbocycles. The van der Waals surface area contributed by atoms with Crippen molar-refractivity contribution >= 4 is 16.7 Å². The maximum atomic E-state index is 13.5. The van der Waals surface area contributed by atoms with E-state index in [1.54, 1.807) is 0 Å². The van der Waals surface area contributed by atoms with E-state index in [-0.39, 0.29) is 17.9 Å². The van der Waals surface area contributed by atoms with E-state index in [0.717, 1.165) is 43.1 Å². The molecular weight excluding hydrogens is 408 g/mol. The SMILES string of the molecule is CN1CCN(C(=O)C2CC2c2ccccc2)C(c2ncc(-c3ccc4ccccc4c3)[nH]2)C1. The van der Waals surface area contributed by atoms with E-state index in [1.807, 2.05) is 12.3 Å². The van der Waals surface area contributed by atoms with Crippen LogP contribution in [0.1, 0.15) is 29.8 Å². The second-order valence-electron chi connectivity index (χ2n) is 9.41. The Morgan fingerprint density at radius 1 is 0.970 bits per heavy atom. The topological polar surface area (TPSA) is 52.2 Å². The van der Waals surface area contributed by atoms with Gasteiger partial charge in [0.25, 0.3) is 0 Å². The number of H-pyrrole nitrogens is 1. The van der Waals surface area contributed by atoms with Crippen molar-refractivity contribution in [1.82, 2.24) is 19.8 Å². The summed E-state index contributed by atoms with van der Waals surface area (Å²) in [5.41, 5.74) is 3.38. The average molecular weight is 437 g/mol. The summed E-state index contributed by atoms with van der Waals surface area (Å²) in [4.78, 5) is 26.2. The van der Waals surface area contributed by atoms with Crippen molar-refractivity contribution in [3.63, 3.8) is 0 Å². The molecule has 1 saturated carbocycles. The van der Waals surface area contributed by atoms with Crippen LogP contribution in [0.15, 0.2) is 79.0 Å². The Balaban J connectivity index is 1.25. The number of carbonyl (C=O) groups excluding carboxylic acids is 1. The van der Waals surface area contributed by atoms with Gasteiger partial charge < -0.3 is 14.8 Å². The van der Waals surface area contributed by atoms with Gasteiger partial charge in [-0.1, -0.05) is 66.7 Å². The third-order valence-electron chi connectivity index (χ3n) is 7.17. The van der Waals surface area contributed by atoms with Gasteiger partial charge in [0.2, 0.25) is 5.91 Å². The van der Waals surface area contributed by atoms with E-state index in [0.29, 0.717) is 5.92 Å². The number of imidazole rings is 1. The van der Waals surface area contributed by atoms with Crippen LogP contribution < -0.4 is 0 Å². The summed E-state index contributed by atoms with van der Waals surface area (Å²) in [6.45, 7) is 2.42. The van der Waals surface area contributed by atoms with Crippen LogP contribution in [0.4, 0.5) is 0 Å². The fraction of sp³-hybridized carbons (Fsp3) is 0.286. The van der Waals surface area contributed by atoms with Crippen LogP contribution in [0.5, 0.6) is 0 Å². The van der Waals surface area contributed by atoms with Crippen LogP contribution in [0.3, 0.4) is 0 Å². The van der Waals surface area contributed by atoms with Gasteiger partial charge in [-0.2, -0.15) is 0 Å². The van der Waals surface area contributed by atoms with Crippen molar-refractivity contribution in [3.05, 3.63) is 90.4 Å². The monoisotopic (exact) mass is 436 g/mol. The molecule has 0 bridgehead atoms. The molecule has 3 aromatic carbocycles. The molecule has 1 saturated heterocycles. The molecule has 3 unspecified atom stereocenters. The highest BCUT2D eigenvalue weighted by atomic mass is 16.2. The molecule has 3 atom stereocenters. The van der Waals surface area contributed by atoms with Gasteiger partial charge in [0, 0.05) is 31.1 Å². The molecule has 33 heavy (non-hydrogen) atoms. The predicted octanol–water partition coefficient (Wildman–Crippen LogP) is 4.85. The number of hydrogen-bond donors (Lipinski definition) is 1. The lowest BCUT2D eigenvalue weighted by atomic mass is 10.1.